The van der Waals surface area contributed by atoms with E-state index in [0.717, 1.165) is 23.1 Å². The van der Waals surface area contributed by atoms with Crippen molar-refractivity contribution in [1.82, 2.24) is 20.6 Å². The minimum absolute atomic E-state index is 0.0370. The van der Waals surface area contributed by atoms with Gasteiger partial charge < -0.3 is 36.6 Å². The van der Waals surface area contributed by atoms with Crippen LogP contribution in [-0.4, -0.2) is 72.4 Å². The number of amides is 2. The van der Waals surface area contributed by atoms with Crippen molar-refractivity contribution in [2.75, 3.05) is 37.0 Å². The molecule has 244 valence electrons. The Morgan fingerprint density at radius 1 is 1.02 bits per heavy atom. The fourth-order valence-electron chi connectivity index (χ4n) is 5.63. The second kappa shape index (κ2) is 16.7. The number of nitrogen functional groups attached to an aromatic ring is 1. The lowest BCUT2D eigenvalue weighted by atomic mass is 9.84. The van der Waals surface area contributed by atoms with Gasteiger partial charge >= 0.3 is 6.09 Å². The molecule has 0 bridgehead atoms. The van der Waals surface area contributed by atoms with Gasteiger partial charge in [-0.1, -0.05) is 78.9 Å². The molecule has 5 rings (SSSR count). The summed E-state index contributed by atoms with van der Waals surface area (Å²) in [6.45, 7) is 1.41. The van der Waals surface area contributed by atoms with Crippen LogP contribution in [0, 0.1) is 5.41 Å². The van der Waals surface area contributed by atoms with Gasteiger partial charge in [0, 0.05) is 36.7 Å². The lowest BCUT2D eigenvalue weighted by molar-refractivity contribution is -0.118. The first-order valence-electron chi connectivity index (χ1n) is 15.4. The first kappa shape index (κ1) is 33.6. The van der Waals surface area contributed by atoms with E-state index in [4.69, 9.17) is 20.6 Å². The number of ether oxygens (including phenoxy) is 2. The summed E-state index contributed by atoms with van der Waals surface area (Å²) in [6.07, 6.45) is 3.19. The van der Waals surface area contributed by atoms with Crippen molar-refractivity contribution in [1.29, 1.82) is 5.41 Å². The molecule has 11 nitrogen and oxygen atoms in total. The number of aromatic nitrogens is 2. The number of aryl methyl sites for hydroxylation is 1. The van der Waals surface area contributed by atoms with Gasteiger partial charge in [0.1, 0.15) is 23.2 Å². The van der Waals surface area contributed by atoms with Crippen molar-refractivity contribution in [3.8, 4) is 0 Å². The van der Waals surface area contributed by atoms with E-state index < -0.39 is 18.1 Å². The maximum Gasteiger partial charge on any atom is 0.407 e. The molecule has 12 heteroatoms. The number of benzene rings is 3. The summed E-state index contributed by atoms with van der Waals surface area (Å²) < 4.78 is 11.3. The van der Waals surface area contributed by atoms with Gasteiger partial charge in [-0.15, -0.1) is 11.8 Å². The monoisotopic (exact) mass is 653 g/mol. The Labute approximate surface area is 278 Å². The molecule has 2 heterocycles. The summed E-state index contributed by atoms with van der Waals surface area (Å²) >= 11 is 1.49. The van der Waals surface area contributed by atoms with Crippen LogP contribution in [0.5, 0.6) is 0 Å². The lowest BCUT2D eigenvalue weighted by Gasteiger charge is -2.31. The van der Waals surface area contributed by atoms with Crippen molar-refractivity contribution in [3.05, 3.63) is 114 Å². The van der Waals surface area contributed by atoms with Gasteiger partial charge in [0.2, 0.25) is 5.91 Å². The summed E-state index contributed by atoms with van der Waals surface area (Å²) in [5.41, 5.74) is 9.82. The maximum atomic E-state index is 14.1. The highest BCUT2D eigenvalue weighted by atomic mass is 32.2. The molecular formula is C35H39N7O4S. The van der Waals surface area contributed by atoms with E-state index in [2.05, 4.69) is 25.9 Å². The number of thioether (sulfide) groups is 1. The molecular weight excluding hydrogens is 614 g/mol. The van der Waals surface area contributed by atoms with Crippen LogP contribution >= 0.6 is 11.8 Å². The number of hydrogen-bond acceptors (Lipinski definition) is 10. The highest BCUT2D eigenvalue weighted by Crippen LogP contribution is 2.30. The summed E-state index contributed by atoms with van der Waals surface area (Å²) in [5.74, 6) is 0.107. The Bertz CT molecular complexity index is 1600. The van der Waals surface area contributed by atoms with Crippen molar-refractivity contribution in [2.45, 2.75) is 42.0 Å². The van der Waals surface area contributed by atoms with Crippen molar-refractivity contribution >= 4 is 41.5 Å². The number of nitrogens with one attached hydrogen (secondary N) is 4. The second-order valence-electron chi connectivity index (χ2n) is 11.1. The van der Waals surface area contributed by atoms with Crippen LogP contribution in [0.25, 0.3) is 0 Å². The number of nitrogens with zero attached hydrogens (tertiary/aromatic N) is 2. The zero-order valence-electron chi connectivity index (χ0n) is 26.1. The number of alkyl carbamates (subject to hydrolysis) is 1. The molecule has 3 atom stereocenters. The minimum Gasteiger partial charge on any atom is -0.453 e. The molecule has 3 aromatic carbocycles. The Morgan fingerprint density at radius 2 is 1.68 bits per heavy atom. The molecule has 1 fully saturated rings. The highest BCUT2D eigenvalue weighted by molar-refractivity contribution is 7.99. The Morgan fingerprint density at radius 3 is 2.36 bits per heavy atom. The van der Waals surface area contributed by atoms with Crippen LogP contribution < -0.4 is 21.7 Å². The largest absolute Gasteiger partial charge is 0.453 e. The Balaban J connectivity index is 1.27. The first-order chi connectivity index (χ1) is 23.0. The van der Waals surface area contributed by atoms with Gasteiger partial charge in [-0.05, 0) is 35.6 Å². The standard InChI is InChI=1S/C35H39N7O4S/c1-45-35(44)42-31(30(24-11-4-2-5-12-24)25-13-6-3-7-14-25)33(43)41-29-15-9-8-10-23(29)16-17-26-19-38-20-27(46-26)21-47-34-28(18-36)32(37)39-22-40-34/h2-15,18,22,26-27,30-31,36,38H,16-17,19-21H2,1H3,(H,41,43)(H,42,44)(H2,37,39,40)/t26-,27+,31+/m1/s1. The van der Waals surface area contributed by atoms with Crippen LogP contribution in [0.1, 0.15) is 34.6 Å². The van der Waals surface area contributed by atoms with Crippen LogP contribution in [0.15, 0.2) is 96.3 Å². The Kier molecular flexibility index (Phi) is 11.9. The topological polar surface area (TPSA) is 164 Å². The summed E-state index contributed by atoms with van der Waals surface area (Å²) in [5, 5.41) is 17.7. The number of nitrogens with two attached hydrogens (primary N) is 1. The lowest BCUT2D eigenvalue weighted by Crippen LogP contribution is -2.48. The predicted molar refractivity (Wildman–Crippen MR) is 184 cm³/mol. The minimum atomic E-state index is -0.956. The molecule has 2 amide bonds. The molecule has 1 aliphatic heterocycles. The number of rotatable bonds is 13. The van der Waals surface area contributed by atoms with E-state index in [-0.39, 0.29) is 23.9 Å². The molecule has 0 saturated carbocycles. The van der Waals surface area contributed by atoms with Gasteiger partial charge in [-0.3, -0.25) is 4.79 Å². The fourth-order valence-corrected chi connectivity index (χ4v) is 6.61. The van der Waals surface area contributed by atoms with Gasteiger partial charge in [-0.2, -0.15) is 0 Å². The summed E-state index contributed by atoms with van der Waals surface area (Å²) in [4.78, 5) is 34.8. The van der Waals surface area contributed by atoms with E-state index in [1.807, 2.05) is 84.9 Å². The molecule has 0 aliphatic carbocycles. The zero-order chi connectivity index (χ0) is 33.0. The van der Waals surface area contributed by atoms with Crippen LogP contribution in [0.3, 0.4) is 0 Å². The quantitative estimate of drug-likeness (QED) is 0.0786. The van der Waals surface area contributed by atoms with Gasteiger partial charge in [0.15, 0.2) is 0 Å². The molecule has 1 aliphatic rings. The molecule has 0 radical (unpaired) electrons. The van der Waals surface area contributed by atoms with E-state index >= 15 is 0 Å². The Hall–Kier alpha value is -4.78. The molecule has 4 aromatic rings. The zero-order valence-corrected chi connectivity index (χ0v) is 26.9. The molecule has 1 aromatic heterocycles. The molecule has 0 spiro atoms. The second-order valence-corrected chi connectivity index (χ2v) is 12.1. The average Bonchev–Trinajstić information content (AvgIpc) is 3.11. The third-order valence-electron chi connectivity index (χ3n) is 7.96. The van der Waals surface area contributed by atoms with Gasteiger partial charge in [0.25, 0.3) is 0 Å². The van der Waals surface area contributed by atoms with Crippen LogP contribution in [0.2, 0.25) is 0 Å². The molecule has 1 saturated heterocycles. The maximum absolute atomic E-state index is 14.1. The van der Waals surface area contributed by atoms with Gasteiger partial charge in [0.05, 0.1) is 24.9 Å². The van der Waals surface area contributed by atoms with Crippen LogP contribution in [0.4, 0.5) is 16.3 Å². The number of morpholine rings is 1. The number of anilines is 2. The number of carbonyl (C=O) groups excluding carboxylic acids is 2. The summed E-state index contributed by atoms with van der Waals surface area (Å²) in [7, 11) is 1.28. The average molecular weight is 654 g/mol. The third-order valence-corrected chi connectivity index (χ3v) is 9.10. The number of para-hydroxylation sites is 1. The van der Waals surface area contributed by atoms with E-state index in [1.165, 1.54) is 31.4 Å². The van der Waals surface area contributed by atoms with E-state index in [9.17, 15) is 9.59 Å². The first-order valence-corrected chi connectivity index (χ1v) is 16.4. The SMILES string of the molecule is COC(=O)N[C@H](C(=O)Nc1ccccc1CC[C@@H]1CNC[C@@H](CSc2ncnc(N)c2C=N)O1)C(c1ccccc1)c1ccccc1. The smallest absolute Gasteiger partial charge is 0.407 e. The van der Waals surface area contributed by atoms with Crippen molar-refractivity contribution in [3.63, 3.8) is 0 Å². The normalized spacial score (nSPS) is 16.6. The van der Waals surface area contributed by atoms with Crippen LogP contribution in [-0.2, 0) is 20.7 Å². The number of methoxy groups -OCH3 is 1. The van der Waals surface area contributed by atoms with E-state index in [1.54, 1.807) is 0 Å². The summed E-state index contributed by atoms with van der Waals surface area (Å²) in [6, 6.07) is 26.0. The van der Waals surface area contributed by atoms with Crippen molar-refractivity contribution in [2.24, 2.45) is 0 Å². The third kappa shape index (κ3) is 8.94. The van der Waals surface area contributed by atoms with Crippen molar-refractivity contribution < 1.29 is 19.1 Å². The fraction of sp³-hybridized carbons (Fsp3) is 0.286. The number of carbonyl (C=O) groups is 2. The highest BCUT2D eigenvalue weighted by Gasteiger charge is 2.33. The van der Waals surface area contributed by atoms with E-state index in [0.29, 0.717) is 41.5 Å². The van der Waals surface area contributed by atoms with Gasteiger partial charge in [-0.25, -0.2) is 14.8 Å². The molecule has 0 unspecified atom stereocenters. The molecule has 6 N–H and O–H groups in total. The predicted octanol–water partition coefficient (Wildman–Crippen LogP) is 4.63. The molecule has 47 heavy (non-hydrogen) atoms. The number of hydrogen-bond donors (Lipinski definition) is 5.